The third kappa shape index (κ3) is 3.22. The first-order valence-corrected chi connectivity index (χ1v) is 9.58. The second-order valence-corrected chi connectivity index (χ2v) is 7.10. The molecule has 142 valence electrons. The minimum atomic E-state index is 0.0265. The Morgan fingerprint density at radius 2 is 2.10 bits per heavy atom. The van der Waals surface area contributed by atoms with E-state index in [2.05, 4.69) is 32.0 Å². The van der Waals surface area contributed by atoms with Gasteiger partial charge in [-0.3, -0.25) is 9.88 Å². The number of pyridine rings is 1. The second-order valence-electron chi connectivity index (χ2n) is 7.10. The number of hydrogen-bond acceptors (Lipinski definition) is 5. The molecule has 0 saturated heterocycles. The molecule has 0 fully saturated rings. The minimum absolute atomic E-state index is 0.0265. The van der Waals surface area contributed by atoms with Gasteiger partial charge in [0.15, 0.2) is 0 Å². The fourth-order valence-electron chi connectivity index (χ4n) is 4.00. The highest BCUT2D eigenvalue weighted by Gasteiger charge is 2.31. The molecular formula is C23H19N5O. The number of imidazole rings is 1. The van der Waals surface area contributed by atoms with Crippen LogP contribution >= 0.6 is 0 Å². The lowest BCUT2D eigenvalue weighted by Gasteiger charge is -2.34. The van der Waals surface area contributed by atoms with Gasteiger partial charge in [-0.15, -0.1) is 0 Å². The van der Waals surface area contributed by atoms with E-state index < -0.39 is 0 Å². The summed E-state index contributed by atoms with van der Waals surface area (Å²) >= 11 is 0. The predicted molar refractivity (Wildman–Crippen MR) is 108 cm³/mol. The number of rotatable bonds is 4. The fourth-order valence-corrected chi connectivity index (χ4v) is 4.00. The maximum atomic E-state index is 9.37. The van der Waals surface area contributed by atoms with Gasteiger partial charge in [-0.05, 0) is 35.9 Å². The summed E-state index contributed by atoms with van der Waals surface area (Å²) in [4.78, 5) is 14.5. The highest BCUT2D eigenvalue weighted by atomic mass is 16.3. The van der Waals surface area contributed by atoms with Crippen molar-refractivity contribution in [3.05, 3.63) is 95.5 Å². The molecule has 6 heteroatoms. The largest absolute Gasteiger partial charge is 0.460 e. The van der Waals surface area contributed by atoms with Crippen molar-refractivity contribution in [1.82, 2.24) is 19.9 Å². The van der Waals surface area contributed by atoms with Gasteiger partial charge in [-0.1, -0.05) is 18.2 Å². The molecule has 0 spiro atoms. The SMILES string of the molecule is N#Cc1ccccc1-c1ccc(CN2CCc3[nH]cnc3C2c2cccnc2)o1. The number of benzene rings is 1. The Hall–Kier alpha value is -3.69. The smallest absolute Gasteiger partial charge is 0.135 e. The molecule has 1 aliphatic rings. The number of nitrogens with zero attached hydrogens (tertiary/aromatic N) is 4. The van der Waals surface area contributed by atoms with Crippen LogP contribution in [-0.2, 0) is 13.0 Å². The highest BCUT2D eigenvalue weighted by molar-refractivity contribution is 5.66. The lowest BCUT2D eigenvalue weighted by Crippen LogP contribution is -2.35. The maximum Gasteiger partial charge on any atom is 0.135 e. The summed E-state index contributed by atoms with van der Waals surface area (Å²) in [7, 11) is 0. The van der Waals surface area contributed by atoms with Crippen LogP contribution in [0.5, 0.6) is 0 Å². The number of nitriles is 1. The van der Waals surface area contributed by atoms with Crippen molar-refractivity contribution in [3.8, 4) is 17.4 Å². The van der Waals surface area contributed by atoms with E-state index in [-0.39, 0.29) is 6.04 Å². The van der Waals surface area contributed by atoms with E-state index >= 15 is 0 Å². The van der Waals surface area contributed by atoms with Crippen LogP contribution in [-0.4, -0.2) is 26.4 Å². The van der Waals surface area contributed by atoms with Crippen LogP contribution in [0.25, 0.3) is 11.3 Å². The zero-order valence-corrected chi connectivity index (χ0v) is 15.7. The van der Waals surface area contributed by atoms with E-state index in [9.17, 15) is 5.26 Å². The number of furan rings is 1. The average molecular weight is 381 g/mol. The number of H-pyrrole nitrogens is 1. The molecule has 0 saturated carbocycles. The summed E-state index contributed by atoms with van der Waals surface area (Å²) in [6.07, 6.45) is 6.37. The first kappa shape index (κ1) is 17.4. The first-order chi connectivity index (χ1) is 14.3. The second kappa shape index (κ2) is 7.38. The average Bonchev–Trinajstić information content (AvgIpc) is 3.44. The summed E-state index contributed by atoms with van der Waals surface area (Å²) in [5, 5.41) is 9.37. The number of aromatic amines is 1. The standard InChI is InChI=1S/C23H19N5O/c24-12-16-4-1-2-6-19(16)21-8-7-18(29-21)14-28-11-9-20-22(27-15-26-20)23(28)17-5-3-10-25-13-17/h1-8,10,13,15,23H,9,11,14H2,(H,26,27). The van der Waals surface area contributed by atoms with Gasteiger partial charge in [-0.25, -0.2) is 4.98 Å². The van der Waals surface area contributed by atoms with E-state index in [0.29, 0.717) is 17.9 Å². The number of nitrogens with one attached hydrogen (secondary N) is 1. The molecule has 4 heterocycles. The number of aromatic nitrogens is 3. The summed E-state index contributed by atoms with van der Waals surface area (Å²) in [5.41, 5.74) is 4.77. The Labute approximate surface area is 168 Å². The van der Waals surface area contributed by atoms with Crippen molar-refractivity contribution in [2.24, 2.45) is 0 Å². The maximum absolute atomic E-state index is 9.37. The van der Waals surface area contributed by atoms with Crippen LogP contribution in [0, 0.1) is 11.3 Å². The van der Waals surface area contributed by atoms with Gasteiger partial charge < -0.3 is 9.40 Å². The van der Waals surface area contributed by atoms with Gasteiger partial charge in [0.05, 0.1) is 36.2 Å². The molecule has 1 unspecified atom stereocenters. The quantitative estimate of drug-likeness (QED) is 0.576. The Kier molecular flexibility index (Phi) is 4.43. The number of fused-ring (bicyclic) bond motifs is 1. The van der Waals surface area contributed by atoms with Crippen LogP contribution < -0.4 is 0 Å². The zero-order chi connectivity index (χ0) is 19.6. The van der Waals surface area contributed by atoms with Crippen molar-refractivity contribution in [2.75, 3.05) is 6.54 Å². The molecule has 6 nitrogen and oxygen atoms in total. The van der Waals surface area contributed by atoms with Crippen LogP contribution in [0.1, 0.15) is 34.3 Å². The number of hydrogen-bond donors (Lipinski definition) is 1. The lowest BCUT2D eigenvalue weighted by molar-refractivity contribution is 0.185. The molecular weight excluding hydrogens is 362 g/mol. The van der Waals surface area contributed by atoms with Crippen molar-refractivity contribution >= 4 is 0 Å². The molecule has 1 aromatic carbocycles. The van der Waals surface area contributed by atoms with Crippen molar-refractivity contribution in [2.45, 2.75) is 19.0 Å². The van der Waals surface area contributed by atoms with E-state index in [1.165, 1.54) is 5.69 Å². The van der Waals surface area contributed by atoms with Gasteiger partial charge in [0.2, 0.25) is 0 Å². The molecule has 0 bridgehead atoms. The summed E-state index contributed by atoms with van der Waals surface area (Å²) in [6, 6.07) is 17.7. The first-order valence-electron chi connectivity index (χ1n) is 9.58. The molecule has 0 radical (unpaired) electrons. The van der Waals surface area contributed by atoms with E-state index in [4.69, 9.17) is 4.42 Å². The molecule has 1 N–H and O–H groups in total. The Balaban J connectivity index is 1.46. The summed E-state index contributed by atoms with van der Waals surface area (Å²) in [5.74, 6) is 1.58. The van der Waals surface area contributed by atoms with Crippen molar-refractivity contribution in [1.29, 1.82) is 5.26 Å². The lowest BCUT2D eigenvalue weighted by atomic mass is 9.97. The summed E-state index contributed by atoms with van der Waals surface area (Å²) in [6.45, 7) is 1.54. The Morgan fingerprint density at radius 1 is 1.17 bits per heavy atom. The molecule has 29 heavy (non-hydrogen) atoms. The summed E-state index contributed by atoms with van der Waals surface area (Å²) < 4.78 is 6.13. The Morgan fingerprint density at radius 3 is 2.97 bits per heavy atom. The van der Waals surface area contributed by atoms with Crippen LogP contribution in [0.3, 0.4) is 0 Å². The highest BCUT2D eigenvalue weighted by Crippen LogP contribution is 2.35. The van der Waals surface area contributed by atoms with E-state index in [1.807, 2.05) is 42.6 Å². The van der Waals surface area contributed by atoms with Gasteiger partial charge >= 0.3 is 0 Å². The normalized spacial score (nSPS) is 16.3. The van der Waals surface area contributed by atoms with Gasteiger partial charge in [0, 0.05) is 36.6 Å². The van der Waals surface area contributed by atoms with Gasteiger partial charge in [0.25, 0.3) is 0 Å². The van der Waals surface area contributed by atoms with Crippen molar-refractivity contribution < 1.29 is 4.42 Å². The zero-order valence-electron chi connectivity index (χ0n) is 15.7. The van der Waals surface area contributed by atoms with Gasteiger partial charge in [-0.2, -0.15) is 5.26 Å². The minimum Gasteiger partial charge on any atom is -0.460 e. The van der Waals surface area contributed by atoms with Gasteiger partial charge in [0.1, 0.15) is 11.5 Å². The molecule has 1 aliphatic heterocycles. The van der Waals surface area contributed by atoms with Crippen LogP contribution in [0.2, 0.25) is 0 Å². The molecule has 3 aromatic heterocycles. The van der Waals surface area contributed by atoms with E-state index in [0.717, 1.165) is 35.5 Å². The molecule has 0 aliphatic carbocycles. The Bertz CT molecular complexity index is 1170. The molecule has 4 aromatic rings. The third-order valence-electron chi connectivity index (χ3n) is 5.36. The monoisotopic (exact) mass is 381 g/mol. The predicted octanol–water partition coefficient (Wildman–Crippen LogP) is 4.08. The van der Waals surface area contributed by atoms with Crippen molar-refractivity contribution in [3.63, 3.8) is 0 Å². The topological polar surface area (TPSA) is 81.7 Å². The fraction of sp³-hybridized carbons (Fsp3) is 0.174. The molecule has 5 rings (SSSR count). The van der Waals surface area contributed by atoms with Crippen LogP contribution in [0.15, 0.2) is 71.7 Å². The van der Waals surface area contributed by atoms with E-state index in [1.54, 1.807) is 18.6 Å². The molecule has 0 amide bonds. The third-order valence-corrected chi connectivity index (χ3v) is 5.36. The molecule has 1 atom stereocenters. The van der Waals surface area contributed by atoms with Crippen LogP contribution in [0.4, 0.5) is 0 Å².